The summed E-state index contributed by atoms with van der Waals surface area (Å²) in [5, 5.41) is 7.84. The number of methoxy groups -OCH3 is 2. The number of ether oxygens (including phenoxy) is 2. The van der Waals surface area contributed by atoms with Crippen LogP contribution in [0.15, 0.2) is 6.20 Å². The van der Waals surface area contributed by atoms with Gasteiger partial charge in [0.25, 0.3) is 0 Å². The van der Waals surface area contributed by atoms with Crippen molar-refractivity contribution >= 4 is 0 Å². The van der Waals surface area contributed by atoms with Gasteiger partial charge in [0.15, 0.2) is 0 Å². The normalized spacial score (nSPS) is 25.6. The van der Waals surface area contributed by atoms with Crippen LogP contribution in [0.3, 0.4) is 0 Å². The van der Waals surface area contributed by atoms with Crippen molar-refractivity contribution in [1.29, 1.82) is 0 Å². The Morgan fingerprint density at radius 2 is 2.29 bits per heavy atom. The second-order valence-electron chi connectivity index (χ2n) is 4.48. The number of nitrogens with zero attached hydrogens (tertiary/aromatic N) is 4. The second kappa shape index (κ2) is 5.57. The summed E-state index contributed by atoms with van der Waals surface area (Å²) in [5.74, 6) is 0. The average Bonchev–Trinajstić information content (AvgIpc) is 2.88. The second-order valence-corrected chi connectivity index (χ2v) is 4.48. The summed E-state index contributed by atoms with van der Waals surface area (Å²) in [6, 6.07) is 0.417. The fourth-order valence-corrected chi connectivity index (χ4v) is 2.33. The Kier molecular flexibility index (Phi) is 4.09. The molecule has 0 bridgehead atoms. The van der Waals surface area contributed by atoms with Crippen LogP contribution >= 0.6 is 0 Å². The summed E-state index contributed by atoms with van der Waals surface area (Å²) >= 11 is 0. The first-order chi connectivity index (χ1) is 8.24. The quantitative estimate of drug-likeness (QED) is 0.728. The molecule has 17 heavy (non-hydrogen) atoms. The average molecular weight is 240 g/mol. The zero-order valence-electron chi connectivity index (χ0n) is 10.7. The molecule has 0 amide bonds. The van der Waals surface area contributed by atoms with Gasteiger partial charge in [0.1, 0.15) is 0 Å². The first-order valence-corrected chi connectivity index (χ1v) is 5.84. The van der Waals surface area contributed by atoms with Crippen molar-refractivity contribution in [3.63, 3.8) is 0 Å². The van der Waals surface area contributed by atoms with Gasteiger partial charge in [-0.2, -0.15) is 0 Å². The van der Waals surface area contributed by atoms with Crippen LogP contribution in [0.2, 0.25) is 0 Å². The highest BCUT2D eigenvalue weighted by atomic mass is 16.5. The van der Waals surface area contributed by atoms with Gasteiger partial charge in [0.05, 0.1) is 24.6 Å². The van der Waals surface area contributed by atoms with E-state index in [2.05, 4.69) is 15.2 Å². The summed E-state index contributed by atoms with van der Waals surface area (Å²) in [6.45, 7) is 2.53. The zero-order valence-corrected chi connectivity index (χ0v) is 10.7. The number of rotatable bonds is 5. The molecule has 1 aliphatic heterocycles. The van der Waals surface area contributed by atoms with Crippen LogP contribution in [0.1, 0.15) is 12.1 Å². The van der Waals surface area contributed by atoms with Crippen molar-refractivity contribution in [2.24, 2.45) is 7.05 Å². The Morgan fingerprint density at radius 1 is 1.47 bits per heavy atom. The third-order valence-electron chi connectivity index (χ3n) is 3.36. The highest BCUT2D eigenvalue weighted by Crippen LogP contribution is 2.22. The minimum atomic E-state index is 0.302. The Bertz CT molecular complexity index is 355. The van der Waals surface area contributed by atoms with Crippen molar-refractivity contribution in [1.82, 2.24) is 19.9 Å². The monoisotopic (exact) mass is 240 g/mol. The molecule has 6 nitrogen and oxygen atoms in total. The molecule has 1 saturated heterocycles. The van der Waals surface area contributed by atoms with E-state index in [9.17, 15) is 0 Å². The third kappa shape index (κ3) is 2.83. The smallest absolute Gasteiger partial charge is 0.0738 e. The van der Waals surface area contributed by atoms with E-state index in [1.165, 1.54) is 0 Å². The predicted octanol–water partition coefficient (Wildman–Crippen LogP) is 0.0508. The molecule has 1 aliphatic rings. The first kappa shape index (κ1) is 12.5. The number of hydrogen-bond donors (Lipinski definition) is 0. The van der Waals surface area contributed by atoms with Gasteiger partial charge in [-0.05, 0) is 6.42 Å². The molecular formula is C11H20N4O2. The summed E-state index contributed by atoms with van der Waals surface area (Å²) in [7, 11) is 5.42. The van der Waals surface area contributed by atoms with Gasteiger partial charge in [-0.15, -0.1) is 5.10 Å². The number of aromatic nitrogens is 3. The third-order valence-corrected chi connectivity index (χ3v) is 3.36. The van der Waals surface area contributed by atoms with Crippen LogP contribution in [0.5, 0.6) is 0 Å². The molecule has 2 heterocycles. The fraction of sp³-hybridized carbons (Fsp3) is 0.818. The predicted molar refractivity (Wildman–Crippen MR) is 62.5 cm³/mol. The van der Waals surface area contributed by atoms with E-state index in [1.807, 2.05) is 17.9 Å². The molecule has 0 aromatic carbocycles. The lowest BCUT2D eigenvalue weighted by Crippen LogP contribution is -2.33. The van der Waals surface area contributed by atoms with Crippen molar-refractivity contribution in [2.45, 2.75) is 25.1 Å². The molecule has 0 N–H and O–H groups in total. The topological polar surface area (TPSA) is 52.4 Å². The van der Waals surface area contributed by atoms with Crippen LogP contribution in [-0.4, -0.2) is 59.4 Å². The lowest BCUT2D eigenvalue weighted by Gasteiger charge is -2.22. The van der Waals surface area contributed by atoms with Crippen molar-refractivity contribution in [3.05, 3.63) is 11.9 Å². The van der Waals surface area contributed by atoms with Gasteiger partial charge in [0, 0.05) is 40.4 Å². The summed E-state index contributed by atoms with van der Waals surface area (Å²) in [6.07, 6.45) is 3.14. The van der Waals surface area contributed by atoms with E-state index in [0.717, 1.165) is 31.8 Å². The minimum Gasteiger partial charge on any atom is -0.383 e. The van der Waals surface area contributed by atoms with Gasteiger partial charge in [0.2, 0.25) is 0 Å². The molecular weight excluding hydrogens is 220 g/mol. The van der Waals surface area contributed by atoms with Crippen LogP contribution in [0, 0.1) is 0 Å². The Hall–Kier alpha value is -0.980. The van der Waals surface area contributed by atoms with E-state index < -0.39 is 0 Å². The van der Waals surface area contributed by atoms with Gasteiger partial charge in [-0.3, -0.25) is 9.58 Å². The standard InChI is InChI=1S/C11H20N4O2/c1-14-10(5-12-13-14)6-15-7-11(17-3)4-9(15)8-16-2/h5,9,11H,4,6-8H2,1-3H3/t9-,11-/m0/s1. The van der Waals surface area contributed by atoms with Gasteiger partial charge < -0.3 is 9.47 Å². The lowest BCUT2D eigenvalue weighted by atomic mass is 10.2. The van der Waals surface area contributed by atoms with Crippen LogP contribution in [0.25, 0.3) is 0 Å². The van der Waals surface area contributed by atoms with Gasteiger partial charge in [-0.25, -0.2) is 0 Å². The Morgan fingerprint density at radius 3 is 2.88 bits per heavy atom. The molecule has 1 aromatic rings. The van der Waals surface area contributed by atoms with Crippen molar-refractivity contribution in [3.8, 4) is 0 Å². The molecule has 1 fully saturated rings. The molecule has 96 valence electrons. The molecule has 6 heteroatoms. The van der Waals surface area contributed by atoms with Crippen molar-refractivity contribution in [2.75, 3.05) is 27.4 Å². The van der Waals surface area contributed by atoms with E-state index in [0.29, 0.717) is 12.1 Å². The molecule has 2 rings (SSSR count). The molecule has 0 spiro atoms. The largest absolute Gasteiger partial charge is 0.383 e. The van der Waals surface area contributed by atoms with Crippen LogP contribution in [-0.2, 0) is 23.1 Å². The minimum absolute atomic E-state index is 0.302. The Labute approximate surface area is 101 Å². The number of hydrogen-bond acceptors (Lipinski definition) is 5. The zero-order chi connectivity index (χ0) is 12.3. The number of aryl methyl sites for hydroxylation is 1. The SMILES string of the molecule is COC[C@@H]1C[C@H](OC)CN1Cc1cnnn1C. The fourth-order valence-electron chi connectivity index (χ4n) is 2.33. The lowest BCUT2D eigenvalue weighted by molar-refractivity contribution is 0.105. The highest BCUT2D eigenvalue weighted by molar-refractivity contribution is 4.97. The van der Waals surface area contributed by atoms with E-state index in [4.69, 9.17) is 9.47 Å². The Balaban J connectivity index is 2.00. The maximum absolute atomic E-state index is 5.43. The van der Waals surface area contributed by atoms with Crippen LogP contribution < -0.4 is 0 Å². The molecule has 2 atom stereocenters. The summed E-state index contributed by atoms with van der Waals surface area (Å²) in [5.41, 5.74) is 1.11. The van der Waals surface area contributed by atoms with Gasteiger partial charge in [-0.1, -0.05) is 5.21 Å². The maximum Gasteiger partial charge on any atom is 0.0738 e. The molecule has 0 radical (unpaired) electrons. The van der Waals surface area contributed by atoms with Crippen LogP contribution in [0.4, 0.5) is 0 Å². The molecule has 1 aromatic heterocycles. The molecule has 0 saturated carbocycles. The number of likely N-dealkylation sites (tertiary alicyclic amines) is 1. The van der Waals surface area contributed by atoms with Crippen molar-refractivity contribution < 1.29 is 9.47 Å². The van der Waals surface area contributed by atoms with E-state index in [-0.39, 0.29) is 0 Å². The molecule has 0 aliphatic carbocycles. The summed E-state index contributed by atoms with van der Waals surface area (Å²) in [4.78, 5) is 2.37. The summed E-state index contributed by atoms with van der Waals surface area (Å²) < 4.78 is 12.5. The molecule has 0 unspecified atom stereocenters. The highest BCUT2D eigenvalue weighted by Gasteiger charge is 2.32. The first-order valence-electron chi connectivity index (χ1n) is 5.84. The van der Waals surface area contributed by atoms with Gasteiger partial charge >= 0.3 is 0 Å². The van der Waals surface area contributed by atoms with E-state index in [1.54, 1.807) is 14.2 Å². The van der Waals surface area contributed by atoms with E-state index >= 15 is 0 Å². The maximum atomic E-state index is 5.43.